The minimum Gasteiger partial charge on any atom is -0.452 e. The Bertz CT molecular complexity index is 354. The third-order valence-corrected chi connectivity index (χ3v) is 4.01. The monoisotopic (exact) mass is 265 g/mol. The van der Waals surface area contributed by atoms with Crippen LogP contribution >= 0.6 is 0 Å². The van der Waals surface area contributed by atoms with Gasteiger partial charge in [-0.15, -0.1) is 0 Å². The van der Waals surface area contributed by atoms with Gasteiger partial charge in [-0.2, -0.15) is 12.7 Å². The Morgan fingerprint density at radius 1 is 1.41 bits per heavy atom. The first-order chi connectivity index (χ1) is 8.01. The maximum atomic E-state index is 11.5. The lowest BCUT2D eigenvalue weighted by atomic mass is 10.1. The van der Waals surface area contributed by atoms with Gasteiger partial charge in [-0.1, -0.05) is 32.6 Å². The number of ether oxygens (including phenoxy) is 1. The first-order valence-electron chi connectivity index (χ1n) is 5.80. The van der Waals surface area contributed by atoms with E-state index in [4.69, 9.17) is 4.18 Å². The molecule has 17 heavy (non-hydrogen) atoms. The Hall–Kier alpha value is -0.820. The minimum atomic E-state index is -3.93. The highest BCUT2D eigenvalue weighted by Crippen LogP contribution is 2.22. The molecule has 0 aromatic heterocycles. The van der Waals surface area contributed by atoms with Crippen molar-refractivity contribution in [2.45, 2.75) is 45.1 Å². The van der Waals surface area contributed by atoms with E-state index < -0.39 is 22.5 Å². The van der Waals surface area contributed by atoms with Gasteiger partial charge in [0.25, 0.3) is 0 Å². The summed E-state index contributed by atoms with van der Waals surface area (Å²) in [7, 11) is -2.79. The lowest BCUT2D eigenvalue weighted by Crippen LogP contribution is -2.32. The van der Waals surface area contributed by atoms with Crippen molar-refractivity contribution in [1.29, 1.82) is 0 Å². The average molecular weight is 265 g/mol. The zero-order valence-corrected chi connectivity index (χ0v) is 11.0. The quantitative estimate of drug-likeness (QED) is 0.707. The van der Waals surface area contributed by atoms with E-state index in [0.29, 0.717) is 10.7 Å². The summed E-state index contributed by atoms with van der Waals surface area (Å²) in [6.07, 6.45) is 3.53. The van der Waals surface area contributed by atoms with Gasteiger partial charge in [-0.3, -0.25) is 0 Å². The lowest BCUT2D eigenvalue weighted by molar-refractivity contribution is 0.149. The van der Waals surface area contributed by atoms with Crippen molar-refractivity contribution in [1.82, 2.24) is 4.31 Å². The van der Waals surface area contributed by atoms with Crippen LogP contribution < -0.4 is 0 Å². The van der Waals surface area contributed by atoms with Crippen molar-refractivity contribution < 1.29 is 22.1 Å². The molecule has 1 fully saturated rings. The Labute approximate surface area is 102 Å². The molecule has 1 rings (SSSR count). The van der Waals surface area contributed by atoms with E-state index in [0.717, 1.165) is 32.8 Å². The number of carbonyl (C=O) groups excluding carboxylic acids is 1. The maximum absolute atomic E-state index is 11.5. The fraction of sp³-hybridized carbons (Fsp3) is 0.900. The van der Waals surface area contributed by atoms with E-state index in [-0.39, 0.29) is 6.54 Å². The van der Waals surface area contributed by atoms with E-state index in [2.05, 4.69) is 11.7 Å². The molecule has 0 saturated carbocycles. The smallest absolute Gasteiger partial charge is 0.425 e. The van der Waals surface area contributed by atoms with Crippen molar-refractivity contribution >= 4 is 16.4 Å². The molecule has 1 aliphatic heterocycles. The van der Waals surface area contributed by atoms with Gasteiger partial charge >= 0.3 is 16.4 Å². The number of methoxy groups -OCH3 is 1. The summed E-state index contributed by atoms with van der Waals surface area (Å²) >= 11 is 0. The second-order valence-electron chi connectivity index (χ2n) is 4.03. The van der Waals surface area contributed by atoms with Crippen molar-refractivity contribution in [3.05, 3.63) is 0 Å². The summed E-state index contributed by atoms with van der Waals surface area (Å²) < 4.78 is 32.8. The van der Waals surface area contributed by atoms with Gasteiger partial charge in [0.15, 0.2) is 0 Å². The highest BCUT2D eigenvalue weighted by Gasteiger charge is 2.40. The van der Waals surface area contributed by atoms with Crippen LogP contribution in [0.25, 0.3) is 0 Å². The van der Waals surface area contributed by atoms with Crippen molar-refractivity contribution in [3.63, 3.8) is 0 Å². The normalized spacial score (nSPS) is 22.7. The highest BCUT2D eigenvalue weighted by atomic mass is 32.2. The second-order valence-corrected chi connectivity index (χ2v) is 5.52. The predicted molar refractivity (Wildman–Crippen MR) is 61.7 cm³/mol. The number of carbonyl (C=O) groups is 1. The van der Waals surface area contributed by atoms with E-state index in [1.165, 1.54) is 0 Å². The Balaban J connectivity index is 2.45. The molecule has 1 saturated heterocycles. The number of hydrogen-bond donors (Lipinski definition) is 0. The van der Waals surface area contributed by atoms with Crippen molar-refractivity contribution in [2.75, 3.05) is 13.7 Å². The summed E-state index contributed by atoms with van der Waals surface area (Å²) in [6, 6.07) is 0. The molecule has 6 nitrogen and oxygen atoms in total. The number of rotatable bonds is 5. The van der Waals surface area contributed by atoms with E-state index in [9.17, 15) is 13.2 Å². The molecule has 0 aromatic carbocycles. The van der Waals surface area contributed by atoms with Gasteiger partial charge in [0.1, 0.15) is 0 Å². The van der Waals surface area contributed by atoms with E-state index in [1.54, 1.807) is 0 Å². The summed E-state index contributed by atoms with van der Waals surface area (Å²) in [6.45, 7) is 2.16. The number of unbranched alkanes of at least 4 members (excludes halogenated alkanes) is 3. The standard InChI is InChI=1S/C10H19NO5S/c1-3-4-5-6-7-9-8-11(10(12)15-2)17(13,14)16-9/h9H,3-8H2,1-2H3. The van der Waals surface area contributed by atoms with Crippen LogP contribution in [0.15, 0.2) is 0 Å². The molecule has 1 aliphatic rings. The molecule has 0 bridgehead atoms. The van der Waals surface area contributed by atoms with Crippen LogP contribution in [0.2, 0.25) is 0 Å². The van der Waals surface area contributed by atoms with Gasteiger partial charge in [0, 0.05) is 0 Å². The van der Waals surface area contributed by atoms with Gasteiger partial charge < -0.3 is 4.74 Å². The number of nitrogens with zero attached hydrogens (tertiary/aromatic N) is 1. The van der Waals surface area contributed by atoms with Crippen molar-refractivity contribution in [3.8, 4) is 0 Å². The molecule has 0 spiro atoms. The molecule has 1 atom stereocenters. The molecule has 0 radical (unpaired) electrons. The molecular weight excluding hydrogens is 246 g/mol. The fourth-order valence-electron chi connectivity index (χ4n) is 1.74. The summed E-state index contributed by atoms with van der Waals surface area (Å²) in [4.78, 5) is 11.2. The van der Waals surface area contributed by atoms with Gasteiger partial charge in [-0.05, 0) is 6.42 Å². The largest absolute Gasteiger partial charge is 0.452 e. The van der Waals surface area contributed by atoms with E-state index >= 15 is 0 Å². The van der Waals surface area contributed by atoms with Gasteiger partial charge in [-0.25, -0.2) is 8.98 Å². The van der Waals surface area contributed by atoms with Crippen LogP contribution in [-0.4, -0.2) is 38.6 Å². The molecule has 100 valence electrons. The van der Waals surface area contributed by atoms with Gasteiger partial charge in [0.05, 0.1) is 19.8 Å². The van der Waals surface area contributed by atoms with Crippen LogP contribution in [0, 0.1) is 0 Å². The minimum absolute atomic E-state index is 0.0567. The third kappa shape index (κ3) is 3.85. The Kier molecular flexibility index (Phi) is 5.20. The molecule has 0 aromatic rings. The van der Waals surface area contributed by atoms with Gasteiger partial charge in [0.2, 0.25) is 0 Å². The Morgan fingerprint density at radius 2 is 2.12 bits per heavy atom. The van der Waals surface area contributed by atoms with Crippen LogP contribution in [0.1, 0.15) is 39.0 Å². The zero-order chi connectivity index (χ0) is 12.9. The second kappa shape index (κ2) is 6.20. The summed E-state index contributed by atoms with van der Waals surface area (Å²) in [5, 5.41) is 0. The maximum Gasteiger partial charge on any atom is 0.425 e. The average Bonchev–Trinajstić information content (AvgIpc) is 2.59. The fourth-order valence-corrected chi connectivity index (χ4v) is 2.95. The molecular formula is C10H19NO5S. The van der Waals surface area contributed by atoms with Crippen molar-refractivity contribution in [2.24, 2.45) is 0 Å². The third-order valence-electron chi connectivity index (χ3n) is 2.65. The molecule has 1 amide bonds. The first kappa shape index (κ1) is 14.2. The van der Waals surface area contributed by atoms with Crippen LogP contribution in [0.4, 0.5) is 4.79 Å². The molecule has 7 heteroatoms. The number of amides is 1. The van der Waals surface area contributed by atoms with E-state index in [1.807, 2.05) is 0 Å². The lowest BCUT2D eigenvalue weighted by Gasteiger charge is -2.09. The number of hydrogen-bond acceptors (Lipinski definition) is 5. The zero-order valence-electron chi connectivity index (χ0n) is 10.2. The predicted octanol–water partition coefficient (Wildman–Crippen LogP) is 1.67. The molecule has 0 aliphatic carbocycles. The van der Waals surface area contributed by atoms with Crippen LogP contribution in [0.5, 0.6) is 0 Å². The topological polar surface area (TPSA) is 72.9 Å². The summed E-state index contributed by atoms with van der Waals surface area (Å²) in [5.74, 6) is 0. The Morgan fingerprint density at radius 3 is 2.71 bits per heavy atom. The SMILES string of the molecule is CCCCCCC1CN(C(=O)OC)S(=O)(=O)O1. The molecule has 1 unspecified atom stereocenters. The van der Waals surface area contributed by atoms with Crippen LogP contribution in [0.3, 0.4) is 0 Å². The first-order valence-corrected chi connectivity index (χ1v) is 7.16. The summed E-state index contributed by atoms with van der Waals surface area (Å²) in [5.41, 5.74) is 0. The highest BCUT2D eigenvalue weighted by molar-refractivity contribution is 7.85. The molecule has 1 heterocycles. The van der Waals surface area contributed by atoms with Crippen LogP contribution in [-0.2, 0) is 19.2 Å². The molecule has 0 N–H and O–H groups in total.